The molecule has 1 aliphatic rings. The van der Waals surface area contributed by atoms with Gasteiger partial charge in [-0.25, -0.2) is 0 Å². The van der Waals surface area contributed by atoms with E-state index in [0.717, 1.165) is 0 Å². The van der Waals surface area contributed by atoms with Crippen LogP contribution in [0.4, 0.5) is 0 Å². The second-order valence-corrected chi connectivity index (χ2v) is 4.65. The molecule has 1 aliphatic carbocycles. The molecule has 0 bridgehead atoms. The number of H-pyrrole nitrogens is 1. The monoisotopic (exact) mass is 178 g/mol. The van der Waals surface area contributed by atoms with Gasteiger partial charge in [-0.2, -0.15) is 0 Å². The molecule has 1 aromatic rings. The fraction of sp³-hybridized carbons (Fsp3) is 0.636. The third-order valence-electron chi connectivity index (χ3n) is 3.29. The molecular formula is C11H18N2. The van der Waals surface area contributed by atoms with Crippen molar-refractivity contribution in [2.45, 2.75) is 32.7 Å². The van der Waals surface area contributed by atoms with Crippen LogP contribution in [0.2, 0.25) is 0 Å². The average Bonchev–Trinajstić information content (AvgIpc) is 2.50. The topological polar surface area (TPSA) is 27.8 Å². The van der Waals surface area contributed by atoms with E-state index in [4.69, 9.17) is 0 Å². The first-order valence-electron chi connectivity index (χ1n) is 4.98. The predicted molar refractivity (Wildman–Crippen MR) is 54.7 cm³/mol. The van der Waals surface area contributed by atoms with Gasteiger partial charge in [-0.1, -0.05) is 13.8 Å². The molecule has 1 unspecified atom stereocenters. The normalized spacial score (nSPS) is 25.6. The van der Waals surface area contributed by atoms with E-state index in [0.29, 0.717) is 11.5 Å². The molecule has 2 nitrogen and oxygen atoms in total. The molecule has 2 N–H and O–H groups in total. The Hall–Kier alpha value is -0.760. The Bertz CT molecular complexity index is 299. The van der Waals surface area contributed by atoms with E-state index in [2.05, 4.69) is 43.6 Å². The largest absolute Gasteiger partial charge is 0.367 e. The van der Waals surface area contributed by atoms with E-state index in [-0.39, 0.29) is 0 Å². The second-order valence-electron chi connectivity index (χ2n) is 4.65. The predicted octanol–water partition coefficient (Wildman–Crippen LogP) is 2.25. The Labute approximate surface area is 79.7 Å². The van der Waals surface area contributed by atoms with E-state index in [9.17, 15) is 0 Å². The van der Waals surface area contributed by atoms with Gasteiger partial charge < -0.3 is 10.3 Å². The highest BCUT2D eigenvalue weighted by Gasteiger charge is 2.34. The molecule has 0 aliphatic heterocycles. The molecule has 0 spiro atoms. The lowest BCUT2D eigenvalue weighted by molar-refractivity contribution is 0.220. The highest BCUT2D eigenvalue weighted by Crippen LogP contribution is 2.42. The van der Waals surface area contributed by atoms with Crippen molar-refractivity contribution in [3.05, 3.63) is 23.5 Å². The second kappa shape index (κ2) is 2.88. The Balaban J connectivity index is 2.41. The van der Waals surface area contributed by atoms with Gasteiger partial charge in [-0.3, -0.25) is 0 Å². The van der Waals surface area contributed by atoms with Gasteiger partial charge >= 0.3 is 0 Å². The Morgan fingerprint density at radius 3 is 2.92 bits per heavy atom. The summed E-state index contributed by atoms with van der Waals surface area (Å²) in [6.07, 6.45) is 6.75. The number of fused-ring (bicyclic) bond motifs is 1. The molecule has 0 saturated carbocycles. The minimum absolute atomic E-state index is 0.379. The molecule has 0 amide bonds. The number of nitrogens with one attached hydrogen (secondary N) is 2. The zero-order valence-corrected chi connectivity index (χ0v) is 8.65. The van der Waals surface area contributed by atoms with E-state index in [1.165, 1.54) is 24.0 Å². The number of aromatic amines is 1. The third kappa shape index (κ3) is 1.29. The van der Waals surface area contributed by atoms with Crippen LogP contribution in [0.5, 0.6) is 0 Å². The van der Waals surface area contributed by atoms with E-state index < -0.39 is 0 Å². The minimum Gasteiger partial charge on any atom is -0.367 e. The van der Waals surface area contributed by atoms with Gasteiger partial charge in [0.1, 0.15) is 0 Å². The molecule has 13 heavy (non-hydrogen) atoms. The van der Waals surface area contributed by atoms with Gasteiger partial charge in [0.2, 0.25) is 0 Å². The van der Waals surface area contributed by atoms with Crippen molar-refractivity contribution in [3.8, 4) is 0 Å². The smallest absolute Gasteiger partial charge is 0.0387 e. The quantitative estimate of drug-likeness (QED) is 0.678. The first kappa shape index (κ1) is 8.82. The molecule has 72 valence electrons. The van der Waals surface area contributed by atoms with Crippen molar-refractivity contribution in [1.82, 2.24) is 10.3 Å². The molecule has 2 heteroatoms. The lowest BCUT2D eigenvalue weighted by Crippen LogP contribution is -2.35. The maximum Gasteiger partial charge on any atom is 0.0387 e. The van der Waals surface area contributed by atoms with Gasteiger partial charge in [-0.05, 0) is 36.4 Å². The summed E-state index contributed by atoms with van der Waals surface area (Å²) < 4.78 is 0. The molecule has 0 aromatic carbocycles. The Morgan fingerprint density at radius 1 is 1.46 bits per heavy atom. The van der Waals surface area contributed by atoms with Crippen LogP contribution in [0, 0.1) is 5.41 Å². The zero-order chi connectivity index (χ0) is 9.47. The molecule has 0 fully saturated rings. The van der Waals surface area contributed by atoms with Crippen LogP contribution in [0.25, 0.3) is 0 Å². The van der Waals surface area contributed by atoms with E-state index in [1.54, 1.807) is 0 Å². The molecular weight excluding hydrogens is 160 g/mol. The number of aryl methyl sites for hydroxylation is 1. The molecule has 1 aromatic heterocycles. The molecule has 2 rings (SSSR count). The van der Waals surface area contributed by atoms with Crippen LogP contribution < -0.4 is 5.32 Å². The summed E-state index contributed by atoms with van der Waals surface area (Å²) in [5.74, 6) is 0. The minimum atomic E-state index is 0.379. The third-order valence-corrected chi connectivity index (χ3v) is 3.29. The highest BCUT2D eigenvalue weighted by molar-refractivity contribution is 5.31. The van der Waals surface area contributed by atoms with Crippen molar-refractivity contribution in [1.29, 1.82) is 0 Å². The number of hydrogen-bond acceptors (Lipinski definition) is 1. The van der Waals surface area contributed by atoms with Gasteiger partial charge in [0.05, 0.1) is 0 Å². The maximum atomic E-state index is 3.42. The standard InChI is InChI=1S/C11H18N2/c1-11(2)5-4-8-6-13-7-9(8)10(11)12-3/h6-7,10,12-13H,4-5H2,1-3H3. The fourth-order valence-electron chi connectivity index (χ4n) is 2.46. The van der Waals surface area contributed by atoms with Crippen LogP contribution in [0.1, 0.15) is 37.4 Å². The van der Waals surface area contributed by atoms with Crippen molar-refractivity contribution >= 4 is 0 Å². The summed E-state index contributed by atoms with van der Waals surface area (Å²) in [7, 11) is 2.05. The van der Waals surface area contributed by atoms with Crippen LogP contribution in [0.15, 0.2) is 12.4 Å². The molecule has 1 atom stereocenters. The van der Waals surface area contributed by atoms with Crippen molar-refractivity contribution < 1.29 is 0 Å². The maximum absolute atomic E-state index is 3.42. The summed E-state index contributed by atoms with van der Waals surface area (Å²) >= 11 is 0. The first-order valence-corrected chi connectivity index (χ1v) is 4.98. The van der Waals surface area contributed by atoms with Crippen molar-refractivity contribution in [3.63, 3.8) is 0 Å². The lowest BCUT2D eigenvalue weighted by atomic mass is 9.72. The van der Waals surface area contributed by atoms with Gasteiger partial charge in [0.25, 0.3) is 0 Å². The SMILES string of the molecule is CNC1c2c[nH]cc2CCC1(C)C. The number of rotatable bonds is 1. The van der Waals surface area contributed by atoms with Crippen LogP contribution in [-0.2, 0) is 6.42 Å². The summed E-state index contributed by atoms with van der Waals surface area (Å²) in [4.78, 5) is 3.20. The fourth-order valence-corrected chi connectivity index (χ4v) is 2.46. The van der Waals surface area contributed by atoms with Gasteiger partial charge in [0, 0.05) is 18.4 Å². The van der Waals surface area contributed by atoms with Gasteiger partial charge in [0.15, 0.2) is 0 Å². The molecule has 1 heterocycles. The number of aromatic nitrogens is 1. The Kier molecular flexibility index (Phi) is 1.95. The summed E-state index contributed by atoms with van der Waals surface area (Å²) in [5.41, 5.74) is 3.32. The first-order chi connectivity index (χ1) is 6.15. The molecule has 0 saturated heterocycles. The summed E-state index contributed by atoms with van der Waals surface area (Å²) in [5, 5.41) is 3.42. The lowest BCUT2D eigenvalue weighted by Gasteiger charge is -2.38. The van der Waals surface area contributed by atoms with Crippen LogP contribution >= 0.6 is 0 Å². The summed E-state index contributed by atoms with van der Waals surface area (Å²) in [6, 6.07) is 0.502. The zero-order valence-electron chi connectivity index (χ0n) is 8.65. The van der Waals surface area contributed by atoms with Crippen molar-refractivity contribution in [2.75, 3.05) is 7.05 Å². The summed E-state index contributed by atoms with van der Waals surface area (Å²) in [6.45, 7) is 4.67. The number of hydrogen-bond donors (Lipinski definition) is 2. The van der Waals surface area contributed by atoms with E-state index in [1.807, 2.05) is 0 Å². The van der Waals surface area contributed by atoms with Crippen LogP contribution in [0.3, 0.4) is 0 Å². The van der Waals surface area contributed by atoms with Crippen LogP contribution in [-0.4, -0.2) is 12.0 Å². The van der Waals surface area contributed by atoms with Crippen molar-refractivity contribution in [2.24, 2.45) is 5.41 Å². The van der Waals surface area contributed by atoms with Gasteiger partial charge in [-0.15, -0.1) is 0 Å². The molecule has 0 radical (unpaired) electrons. The van der Waals surface area contributed by atoms with E-state index >= 15 is 0 Å². The average molecular weight is 178 g/mol. The Morgan fingerprint density at radius 2 is 2.23 bits per heavy atom. The highest BCUT2D eigenvalue weighted by atomic mass is 14.9.